The first-order chi connectivity index (χ1) is 9.56. The molecular weight excluding hydrogens is 282 g/mol. The zero-order valence-corrected chi connectivity index (χ0v) is 11.3. The van der Waals surface area contributed by atoms with Gasteiger partial charge in [0.25, 0.3) is 0 Å². The third kappa shape index (κ3) is 2.27. The van der Waals surface area contributed by atoms with Crippen molar-refractivity contribution in [1.82, 2.24) is 0 Å². The van der Waals surface area contributed by atoms with Crippen LogP contribution in [0.15, 0.2) is 24.3 Å². The number of ether oxygens (including phenoxy) is 1. The highest BCUT2D eigenvalue weighted by molar-refractivity contribution is 6.30. The second-order valence-corrected chi connectivity index (χ2v) is 5.62. The normalized spacial score (nSPS) is 31.2. The van der Waals surface area contributed by atoms with Crippen LogP contribution in [-0.4, -0.2) is 29.2 Å². The predicted octanol–water partition coefficient (Wildman–Crippen LogP) is 2.16. The van der Waals surface area contributed by atoms with E-state index in [1.54, 1.807) is 24.3 Å². The van der Waals surface area contributed by atoms with Crippen LogP contribution in [0.25, 0.3) is 0 Å². The number of halogens is 1. The largest absolute Gasteiger partial charge is 0.481 e. The van der Waals surface area contributed by atoms with Crippen LogP contribution in [0.1, 0.15) is 12.8 Å². The molecule has 2 saturated heterocycles. The molecule has 2 N–H and O–H groups in total. The summed E-state index contributed by atoms with van der Waals surface area (Å²) in [5.41, 5.74) is 0.564. The number of hydrogen-bond acceptors (Lipinski definition) is 3. The number of aliphatic carboxylic acids is 1. The summed E-state index contributed by atoms with van der Waals surface area (Å²) in [7, 11) is 0. The van der Waals surface area contributed by atoms with Gasteiger partial charge in [0, 0.05) is 10.7 Å². The van der Waals surface area contributed by atoms with Crippen molar-refractivity contribution in [2.75, 3.05) is 5.32 Å². The van der Waals surface area contributed by atoms with E-state index in [0.717, 1.165) is 6.42 Å². The fraction of sp³-hybridized carbons (Fsp3) is 0.429. The second-order valence-electron chi connectivity index (χ2n) is 5.18. The summed E-state index contributed by atoms with van der Waals surface area (Å²) in [5.74, 6) is -2.67. The van der Waals surface area contributed by atoms with Gasteiger partial charge in [0.05, 0.1) is 24.0 Å². The molecule has 0 spiro atoms. The summed E-state index contributed by atoms with van der Waals surface area (Å²) < 4.78 is 5.57. The van der Waals surface area contributed by atoms with E-state index in [9.17, 15) is 14.7 Å². The van der Waals surface area contributed by atoms with Crippen LogP contribution in [0.4, 0.5) is 5.69 Å². The number of rotatable bonds is 3. The lowest BCUT2D eigenvalue weighted by Gasteiger charge is -2.23. The van der Waals surface area contributed by atoms with Crippen LogP contribution in [0, 0.1) is 11.8 Å². The molecule has 2 heterocycles. The molecule has 1 aromatic rings. The van der Waals surface area contributed by atoms with Crippen molar-refractivity contribution in [2.24, 2.45) is 11.8 Å². The number of fused-ring (bicyclic) bond motifs is 2. The monoisotopic (exact) mass is 295 g/mol. The lowest BCUT2D eigenvalue weighted by Crippen LogP contribution is -2.40. The fourth-order valence-electron chi connectivity index (χ4n) is 3.12. The minimum atomic E-state index is -0.969. The number of carbonyl (C=O) groups excluding carboxylic acids is 1. The van der Waals surface area contributed by atoms with Crippen LogP contribution in [-0.2, 0) is 14.3 Å². The highest BCUT2D eigenvalue weighted by Crippen LogP contribution is 2.44. The number of carbonyl (C=O) groups is 2. The molecule has 0 aromatic heterocycles. The Balaban J connectivity index is 1.78. The van der Waals surface area contributed by atoms with Crippen molar-refractivity contribution in [3.63, 3.8) is 0 Å². The molecule has 0 aliphatic carbocycles. The Morgan fingerprint density at radius 1 is 1.25 bits per heavy atom. The molecule has 0 saturated carbocycles. The summed E-state index contributed by atoms with van der Waals surface area (Å²) >= 11 is 5.86. The zero-order valence-electron chi connectivity index (χ0n) is 10.6. The number of benzene rings is 1. The van der Waals surface area contributed by atoms with Crippen LogP contribution in [0.2, 0.25) is 5.02 Å². The average Bonchev–Trinajstić information content (AvgIpc) is 2.98. The zero-order chi connectivity index (χ0) is 14.3. The number of carboxylic acids is 1. The van der Waals surface area contributed by atoms with E-state index in [-0.39, 0.29) is 18.1 Å². The highest BCUT2D eigenvalue weighted by atomic mass is 35.5. The standard InChI is InChI=1S/C14H14ClNO4/c15-7-2-1-3-8(6-7)16-13(17)11-9-4-5-10(20-9)12(11)14(18)19/h1-3,6,9-12H,4-5H2,(H,16,17)(H,18,19)/t9-,10-,11-,12-/m0/s1. The Labute approximate surface area is 120 Å². The molecule has 20 heavy (non-hydrogen) atoms. The SMILES string of the molecule is O=C(O)[C@@H]1[C@@H](C(=O)Nc2cccc(Cl)c2)[C@@H]2CC[C@@H]1O2. The Bertz CT molecular complexity index is 562. The van der Waals surface area contributed by atoms with Gasteiger partial charge in [-0.2, -0.15) is 0 Å². The van der Waals surface area contributed by atoms with Gasteiger partial charge in [0.1, 0.15) is 0 Å². The van der Waals surface area contributed by atoms with Crippen molar-refractivity contribution < 1.29 is 19.4 Å². The first-order valence-corrected chi connectivity index (χ1v) is 6.89. The van der Waals surface area contributed by atoms with Crippen molar-refractivity contribution >= 4 is 29.2 Å². The minimum absolute atomic E-state index is 0.291. The van der Waals surface area contributed by atoms with Crippen LogP contribution >= 0.6 is 11.6 Å². The third-order valence-electron chi connectivity index (χ3n) is 3.95. The number of amides is 1. The Hall–Kier alpha value is -1.59. The molecule has 2 aliphatic heterocycles. The molecule has 2 fully saturated rings. The first kappa shape index (κ1) is 13.4. The van der Waals surface area contributed by atoms with Gasteiger partial charge in [-0.25, -0.2) is 0 Å². The van der Waals surface area contributed by atoms with E-state index in [1.807, 2.05) is 0 Å². The van der Waals surface area contributed by atoms with Crippen molar-refractivity contribution in [3.05, 3.63) is 29.3 Å². The highest BCUT2D eigenvalue weighted by Gasteiger charge is 2.55. The molecule has 0 radical (unpaired) electrons. The molecule has 0 unspecified atom stereocenters. The van der Waals surface area contributed by atoms with Crippen molar-refractivity contribution in [2.45, 2.75) is 25.0 Å². The molecule has 2 aliphatic rings. The summed E-state index contributed by atoms with van der Waals surface area (Å²) in [5, 5.41) is 12.5. The maximum atomic E-state index is 12.3. The van der Waals surface area contributed by atoms with E-state index in [0.29, 0.717) is 17.1 Å². The summed E-state index contributed by atoms with van der Waals surface area (Å²) in [6.45, 7) is 0. The van der Waals surface area contributed by atoms with Gasteiger partial charge in [-0.3, -0.25) is 9.59 Å². The number of carboxylic acid groups (broad SMARTS) is 1. The van der Waals surface area contributed by atoms with Crippen molar-refractivity contribution in [1.29, 1.82) is 0 Å². The predicted molar refractivity (Wildman–Crippen MR) is 72.6 cm³/mol. The summed E-state index contributed by atoms with van der Waals surface area (Å²) in [6.07, 6.45) is 0.817. The molecule has 1 aromatic carbocycles. The quantitative estimate of drug-likeness (QED) is 0.896. The second kappa shape index (κ2) is 5.07. The van der Waals surface area contributed by atoms with E-state index < -0.39 is 17.8 Å². The van der Waals surface area contributed by atoms with Gasteiger partial charge in [-0.1, -0.05) is 17.7 Å². The smallest absolute Gasteiger partial charge is 0.310 e. The topological polar surface area (TPSA) is 75.6 Å². The molecule has 106 valence electrons. The molecule has 4 atom stereocenters. The van der Waals surface area contributed by atoms with E-state index in [1.165, 1.54) is 0 Å². The Morgan fingerprint density at radius 2 is 1.95 bits per heavy atom. The maximum absolute atomic E-state index is 12.3. The summed E-state index contributed by atoms with van der Waals surface area (Å²) in [4.78, 5) is 23.7. The molecule has 5 nitrogen and oxygen atoms in total. The van der Waals surface area contributed by atoms with E-state index in [4.69, 9.17) is 16.3 Å². The average molecular weight is 296 g/mol. The summed E-state index contributed by atoms with van der Waals surface area (Å²) in [6, 6.07) is 6.78. The minimum Gasteiger partial charge on any atom is -0.481 e. The Morgan fingerprint density at radius 3 is 2.60 bits per heavy atom. The number of hydrogen-bond donors (Lipinski definition) is 2. The van der Waals surface area contributed by atoms with Gasteiger partial charge in [0.15, 0.2) is 0 Å². The number of nitrogens with one attached hydrogen (secondary N) is 1. The van der Waals surface area contributed by atoms with Gasteiger partial charge in [0.2, 0.25) is 5.91 Å². The fourth-order valence-corrected chi connectivity index (χ4v) is 3.31. The van der Waals surface area contributed by atoms with Gasteiger partial charge >= 0.3 is 5.97 Å². The molecule has 3 rings (SSSR count). The van der Waals surface area contributed by atoms with Crippen LogP contribution < -0.4 is 5.32 Å². The van der Waals surface area contributed by atoms with Crippen LogP contribution in [0.5, 0.6) is 0 Å². The van der Waals surface area contributed by atoms with Crippen LogP contribution in [0.3, 0.4) is 0 Å². The maximum Gasteiger partial charge on any atom is 0.310 e. The Kier molecular flexibility index (Phi) is 3.40. The molecular formula is C14H14ClNO4. The molecule has 1 amide bonds. The van der Waals surface area contributed by atoms with Gasteiger partial charge < -0.3 is 15.2 Å². The lowest BCUT2D eigenvalue weighted by atomic mass is 9.78. The van der Waals surface area contributed by atoms with Crippen molar-refractivity contribution in [3.8, 4) is 0 Å². The number of anilines is 1. The molecule has 2 bridgehead atoms. The first-order valence-electron chi connectivity index (χ1n) is 6.51. The van der Waals surface area contributed by atoms with Gasteiger partial charge in [-0.15, -0.1) is 0 Å². The van der Waals surface area contributed by atoms with E-state index in [2.05, 4.69) is 5.32 Å². The lowest BCUT2D eigenvalue weighted by molar-refractivity contribution is -0.147. The van der Waals surface area contributed by atoms with E-state index >= 15 is 0 Å². The van der Waals surface area contributed by atoms with Gasteiger partial charge in [-0.05, 0) is 31.0 Å². The molecule has 6 heteroatoms. The third-order valence-corrected chi connectivity index (χ3v) is 4.19.